The minimum absolute atomic E-state index is 0.975. The first-order valence-electron chi connectivity index (χ1n) is 14.5. The average Bonchev–Trinajstić information content (AvgIpc) is 2.82. The van der Waals surface area contributed by atoms with Gasteiger partial charge in [-0.1, -0.05) is 0 Å². The van der Waals surface area contributed by atoms with Gasteiger partial charge in [-0.25, -0.2) is 0 Å². The second kappa shape index (κ2) is 22.4. The van der Waals surface area contributed by atoms with Gasteiger partial charge in [0.05, 0.1) is 0 Å². The lowest BCUT2D eigenvalue weighted by atomic mass is 8.30. The Balaban J connectivity index is 8.73. The molecule has 44 heavy (non-hydrogen) atoms. The topological polar surface area (TPSA) is 12.0 Å². The van der Waals surface area contributed by atoms with E-state index in [1.807, 2.05) is 0 Å². The second-order valence-corrected chi connectivity index (χ2v) is 12.3. The van der Waals surface area contributed by atoms with Crippen LogP contribution in [0, 0.1) is 0 Å². The zero-order valence-electron chi connectivity index (χ0n) is 26.1. The van der Waals surface area contributed by atoms with Crippen LogP contribution in [0.4, 0.5) is 0 Å². The molecule has 0 aromatic carbocycles. The normalized spacial score (nSPS) is 10.1. The van der Waals surface area contributed by atoms with Crippen LogP contribution in [0.15, 0.2) is 0 Å². The molecule has 0 rings (SSSR count). The van der Waals surface area contributed by atoms with Gasteiger partial charge in [0.2, 0.25) is 0 Å². The van der Waals surface area contributed by atoms with Crippen LogP contribution >= 0.6 is 22.9 Å². The number of hydrogen-bond acceptors (Lipinski definition) is 1. The monoisotopic (exact) mass is 606 g/mol. The summed E-state index contributed by atoms with van der Waals surface area (Å²) in [6, 6.07) is 0. The molecule has 0 amide bonds. The standard InChI is InChI=1S/B42HIN/c1-22-33(23(2)3)38(32(20)21)41(39(34(24(4)5)25(6)7)35(26(8)9)27(10)11)42(44-43)40(36(28(12)13)29(14)15)37(30(16)17)31(18)19/h44H/i/hT. The van der Waals surface area contributed by atoms with Crippen molar-refractivity contribution < 1.29 is 1.41 Å². The highest BCUT2D eigenvalue weighted by Gasteiger charge is 2.58. The number of nitrogens with one attached hydrogen (secondary N) is 1. The largest absolute Gasteiger partial charge is 0.319 e. The molecule has 0 aromatic rings. The van der Waals surface area contributed by atoms with Crippen molar-refractivity contribution in [3.05, 3.63) is 0 Å². The van der Waals surface area contributed by atoms with Gasteiger partial charge in [0.1, 0.15) is 8.04 Å². The van der Waals surface area contributed by atoms with Gasteiger partial charge in [0.25, 0.3) is 0 Å². The van der Waals surface area contributed by atoms with Crippen molar-refractivity contribution in [1.29, 1.82) is 0 Å². The smallest absolute Gasteiger partial charge is 0.129 e. The summed E-state index contributed by atoms with van der Waals surface area (Å²) in [5.41, 5.74) is 0. The fraction of sp³-hybridized carbons (Fsp3) is 0. The summed E-state index contributed by atoms with van der Waals surface area (Å²) < 4.78 is 10.2. The van der Waals surface area contributed by atoms with E-state index in [1.165, 1.54) is 7.06 Å². The summed E-state index contributed by atoms with van der Waals surface area (Å²) in [7, 11) is 133. The summed E-state index contributed by atoms with van der Waals surface area (Å²) in [5.74, 6) is 0. The summed E-state index contributed by atoms with van der Waals surface area (Å²) in [6.07, 6.45) is -22.2. The molecule has 0 bridgehead atoms. The van der Waals surface area contributed by atoms with E-state index in [-0.39, 0.29) is 0 Å². The Bertz CT molecular complexity index is 695. The van der Waals surface area contributed by atoms with Crippen molar-refractivity contribution in [2.45, 2.75) is 0 Å². The minimum Gasteiger partial charge on any atom is -0.319 e. The molecule has 0 aromatic heterocycles. The van der Waals surface area contributed by atoms with Gasteiger partial charge in [-0.05, 0) is 0 Å². The number of halogens is 1. The zero-order chi connectivity index (χ0) is 35.8. The first kappa shape index (κ1) is 45.4. The molecule has 0 saturated carbocycles. The molecule has 0 heterocycles. The third-order valence-corrected chi connectivity index (χ3v) is 9.32. The van der Waals surface area contributed by atoms with E-state index in [9.17, 15) is 0 Å². The fourth-order valence-corrected chi connectivity index (χ4v) is 7.69. The van der Waals surface area contributed by atoms with Crippen LogP contribution < -0.4 is 3.43 Å². The highest BCUT2D eigenvalue weighted by Crippen LogP contribution is 2.18. The van der Waals surface area contributed by atoms with Crippen LogP contribution in [-0.2, 0) is 0 Å². The predicted molar refractivity (Wildman–Crippen MR) is 259 cm³/mol. The molecule has 0 unspecified atom stereocenters. The van der Waals surface area contributed by atoms with Gasteiger partial charge in [-0.3, -0.25) is 0 Å². The first-order chi connectivity index (χ1) is 20.5. The summed E-state index contributed by atoms with van der Waals surface area (Å²) in [6.45, 7) is -1.24. The predicted octanol–water partition coefficient (Wildman–Crippen LogP) is -15.6. The van der Waals surface area contributed by atoms with Gasteiger partial charge in [0.15, 0.2) is 0 Å². The van der Waals surface area contributed by atoms with E-state index in [0.29, 0.717) is 0 Å². The van der Waals surface area contributed by atoms with Gasteiger partial charge < -0.3 is 3.43 Å². The molecule has 0 saturated heterocycles. The van der Waals surface area contributed by atoms with Crippen LogP contribution in [0.1, 0.15) is 0 Å². The highest BCUT2D eigenvalue weighted by molar-refractivity contribution is 14.1. The zero-order valence-corrected chi connectivity index (χ0v) is 27.2. The van der Waals surface area contributed by atoms with E-state index in [2.05, 4.69) is 0 Å². The Hall–Kier alpha value is 3.42. The molecular formula is HB42IN. The van der Waals surface area contributed by atoms with Gasteiger partial charge in [0, 0.05) is 314 Å². The lowest BCUT2D eigenvalue weighted by molar-refractivity contribution is 1.79. The maximum atomic E-state index is 9.15. The molecule has 1 nitrogen and oxygen atoms in total. The molecule has 0 aliphatic rings. The first-order valence-corrected chi connectivity index (χ1v) is 15.1. The van der Waals surface area contributed by atoms with E-state index in [1.54, 1.807) is 22.9 Å². The SMILES string of the molecule is [3H]N(I)B(B(B(B([B])[B])B([B])[B])B(B([B])[B])B([B])[B])B(B(B([B])[B])B([B][B])B([B])[B])B(B(B([B])[B])B([B])[B])B(B([B])[B])B([B])[B]. The molecule has 43 radical (unpaired) electrons. The van der Waals surface area contributed by atoms with Crippen molar-refractivity contribution in [2.24, 2.45) is 0 Å². The average molecular weight is 598 g/mol. The van der Waals surface area contributed by atoms with Crippen LogP contribution in [-0.4, -0.2) is 297 Å². The van der Waals surface area contributed by atoms with Gasteiger partial charge in [-0.2, -0.15) is 0 Å². The summed E-state index contributed by atoms with van der Waals surface area (Å²) in [5, 5.41) is 0. The molecule has 1 N–H and O–H groups in total. The van der Waals surface area contributed by atoms with Gasteiger partial charge in [-0.15, -0.1) is 0 Å². The Morgan fingerprint density at radius 3 is 0.773 bits per heavy atom. The summed E-state index contributed by atoms with van der Waals surface area (Å²) >= 11 is 1.69. The maximum absolute atomic E-state index is 9.15. The molecule has 139 valence electrons. The van der Waals surface area contributed by atoms with E-state index < -0.39 is 128 Å². The third kappa shape index (κ3) is 12.9. The quantitative estimate of drug-likeness (QED) is 0.0788. The van der Waals surface area contributed by atoms with Crippen molar-refractivity contribution >= 4 is 320 Å². The molecule has 0 spiro atoms. The van der Waals surface area contributed by atoms with Crippen molar-refractivity contribution in [2.75, 3.05) is 0 Å². The van der Waals surface area contributed by atoms with Gasteiger partial charge >= 0.3 is 0 Å². The van der Waals surface area contributed by atoms with Crippen LogP contribution in [0.3, 0.4) is 0 Å². The van der Waals surface area contributed by atoms with E-state index in [4.69, 9.17) is 164 Å². The fourth-order valence-electron chi connectivity index (χ4n) is 6.94. The Labute approximate surface area is 322 Å². The summed E-state index contributed by atoms with van der Waals surface area (Å²) in [4.78, 5) is 0. The number of hydrogen-bond donors (Lipinski definition) is 1. The Morgan fingerprint density at radius 2 is 0.591 bits per heavy atom. The van der Waals surface area contributed by atoms with Crippen LogP contribution in [0.5, 0.6) is 0 Å². The third-order valence-electron chi connectivity index (χ3n) is 8.68. The van der Waals surface area contributed by atoms with Crippen molar-refractivity contribution in [3.63, 3.8) is 0 Å². The van der Waals surface area contributed by atoms with E-state index >= 15 is 0 Å². The molecule has 44 heteroatoms. The van der Waals surface area contributed by atoms with Crippen LogP contribution in [0.2, 0.25) is 1.41 Å². The van der Waals surface area contributed by atoms with E-state index in [0.717, 1.165) is 3.43 Å². The molecule has 0 aliphatic heterocycles. The second-order valence-electron chi connectivity index (χ2n) is 11.8. The molecule has 0 aliphatic carbocycles. The Kier molecular flexibility index (Phi) is 23.1. The maximum Gasteiger partial charge on any atom is 0.129 e. The van der Waals surface area contributed by atoms with Crippen LogP contribution in [0.25, 0.3) is 0 Å². The lowest BCUT2D eigenvalue weighted by Gasteiger charge is -2.52. The van der Waals surface area contributed by atoms with Crippen molar-refractivity contribution in [3.8, 4) is 0 Å². The van der Waals surface area contributed by atoms with Crippen molar-refractivity contribution in [1.82, 2.24) is 3.43 Å². The number of rotatable bonds is 21. The minimum atomic E-state index is -1.28. The lowest BCUT2D eigenvalue weighted by Crippen LogP contribution is -2.92. The highest BCUT2D eigenvalue weighted by atomic mass is 127. The molecule has 0 fully saturated rings. The Morgan fingerprint density at radius 1 is 0.364 bits per heavy atom. The molecular weight excluding hydrogens is 595 g/mol. The molecule has 0 atom stereocenters.